The van der Waals surface area contributed by atoms with Gasteiger partial charge < -0.3 is 15.2 Å². The highest BCUT2D eigenvalue weighted by Gasteiger charge is 2.12. The molecule has 0 atom stereocenters. The van der Waals surface area contributed by atoms with Gasteiger partial charge in [0.2, 0.25) is 0 Å². The number of nitrogens with zero attached hydrogens (tertiary/aromatic N) is 1. The van der Waals surface area contributed by atoms with Crippen LogP contribution in [0.1, 0.15) is 0 Å². The van der Waals surface area contributed by atoms with E-state index >= 15 is 0 Å². The average Bonchev–Trinajstić information content (AvgIpc) is 2.92. The lowest BCUT2D eigenvalue weighted by Gasteiger charge is -2.08. The molecule has 0 fully saturated rings. The summed E-state index contributed by atoms with van der Waals surface area (Å²) in [7, 11) is 0. The summed E-state index contributed by atoms with van der Waals surface area (Å²) in [5.74, 6) is 0.783. The van der Waals surface area contributed by atoms with E-state index in [1.807, 2.05) is 30.6 Å². The Morgan fingerprint density at radius 2 is 2.06 bits per heavy atom. The molecule has 3 rings (SSSR count). The first-order valence-corrected chi connectivity index (χ1v) is 6.25. The second-order valence-electron chi connectivity index (χ2n) is 4.16. The Morgan fingerprint density at radius 1 is 1.22 bits per heavy atom. The number of nitrogens with one attached hydrogen (secondary N) is 2. The molecule has 0 radical (unpaired) electrons. The van der Waals surface area contributed by atoms with Crippen molar-refractivity contribution in [1.82, 2.24) is 15.2 Å². The number of rotatable bonds is 2. The predicted octanol–water partition coefficient (Wildman–Crippen LogP) is 3.45. The quantitative estimate of drug-likeness (QED) is 0.882. The van der Waals surface area contributed by atoms with Gasteiger partial charge in [0.05, 0.1) is 33.6 Å². The molecule has 1 aromatic heterocycles. The summed E-state index contributed by atoms with van der Waals surface area (Å²) >= 11 is 12.3. The maximum atomic E-state index is 6.26. The van der Waals surface area contributed by atoms with E-state index < -0.39 is 0 Å². The van der Waals surface area contributed by atoms with Crippen molar-refractivity contribution in [2.45, 2.75) is 6.54 Å². The van der Waals surface area contributed by atoms with Crippen LogP contribution in [0.25, 0.3) is 10.9 Å². The van der Waals surface area contributed by atoms with Crippen LogP contribution in [0.2, 0.25) is 10.0 Å². The van der Waals surface area contributed by atoms with Gasteiger partial charge in [-0.25, -0.2) is 0 Å². The molecule has 2 aromatic rings. The van der Waals surface area contributed by atoms with Crippen molar-refractivity contribution in [1.29, 1.82) is 0 Å². The molecule has 1 aliphatic rings. The smallest absolute Gasteiger partial charge is 0.0996 e. The lowest BCUT2D eigenvalue weighted by molar-refractivity contribution is 0.772. The molecule has 3 nitrogen and oxygen atoms in total. The van der Waals surface area contributed by atoms with Gasteiger partial charge in [0.1, 0.15) is 0 Å². The molecule has 2 heterocycles. The number of allylic oxidation sites excluding steroid dienone is 1. The van der Waals surface area contributed by atoms with Crippen LogP contribution in [0.4, 0.5) is 0 Å². The van der Waals surface area contributed by atoms with Gasteiger partial charge >= 0.3 is 0 Å². The molecule has 0 spiro atoms. The Labute approximate surface area is 115 Å². The van der Waals surface area contributed by atoms with Gasteiger partial charge in [0.25, 0.3) is 0 Å². The first-order chi connectivity index (χ1) is 8.65. The molecular formula is C13H11Cl2N3. The molecular weight excluding hydrogens is 269 g/mol. The number of hydrogen-bond acceptors (Lipinski definition) is 2. The van der Waals surface area contributed by atoms with E-state index in [-0.39, 0.29) is 0 Å². The van der Waals surface area contributed by atoms with E-state index in [0.717, 1.165) is 22.4 Å². The minimum absolute atomic E-state index is 0.569. The van der Waals surface area contributed by atoms with E-state index in [1.54, 1.807) is 0 Å². The van der Waals surface area contributed by atoms with Crippen LogP contribution in [-0.2, 0) is 6.54 Å². The van der Waals surface area contributed by atoms with Crippen LogP contribution < -0.4 is 10.6 Å². The third-order valence-electron chi connectivity index (χ3n) is 2.89. The molecule has 0 saturated heterocycles. The Bertz CT molecular complexity index is 670. The zero-order valence-corrected chi connectivity index (χ0v) is 11.0. The Balaban J connectivity index is 2.02. The zero-order chi connectivity index (χ0) is 12.7. The average molecular weight is 280 g/mol. The maximum Gasteiger partial charge on any atom is 0.0996 e. The van der Waals surface area contributed by atoms with E-state index in [4.69, 9.17) is 23.2 Å². The van der Waals surface area contributed by atoms with Crippen LogP contribution >= 0.6 is 23.2 Å². The molecule has 1 aromatic carbocycles. The van der Waals surface area contributed by atoms with Gasteiger partial charge in [-0.1, -0.05) is 35.8 Å². The monoisotopic (exact) mass is 279 g/mol. The third kappa shape index (κ3) is 1.85. The van der Waals surface area contributed by atoms with Gasteiger partial charge in [-0.05, 0) is 12.1 Å². The van der Waals surface area contributed by atoms with Gasteiger partial charge in [0.15, 0.2) is 0 Å². The van der Waals surface area contributed by atoms with E-state index in [2.05, 4.69) is 21.8 Å². The third-order valence-corrected chi connectivity index (χ3v) is 3.69. The summed E-state index contributed by atoms with van der Waals surface area (Å²) in [6.45, 7) is 4.49. The van der Waals surface area contributed by atoms with Crippen molar-refractivity contribution in [3.63, 3.8) is 0 Å². The molecule has 0 bridgehead atoms. The van der Waals surface area contributed by atoms with Crippen LogP contribution in [-0.4, -0.2) is 4.57 Å². The Hall–Kier alpha value is -1.58. The summed E-state index contributed by atoms with van der Waals surface area (Å²) in [6, 6.07) is 5.80. The fraction of sp³-hybridized carbons (Fsp3) is 0.0769. The molecule has 0 aliphatic carbocycles. The maximum absolute atomic E-state index is 6.26. The number of halogens is 2. The SMILES string of the molecule is C=C1NC=C(Cn2ccc3ccc(Cl)c(Cl)c32)N1. The van der Waals surface area contributed by atoms with Crippen molar-refractivity contribution in [3.05, 3.63) is 58.7 Å². The summed E-state index contributed by atoms with van der Waals surface area (Å²) in [5.41, 5.74) is 1.98. The fourth-order valence-corrected chi connectivity index (χ4v) is 2.50. The standard InChI is InChI=1S/C13H11Cl2N3/c1-8-16-6-10(17-8)7-18-5-4-9-2-3-11(14)12(15)13(9)18/h2-6,16-17H,1,7H2. The Morgan fingerprint density at radius 3 is 2.78 bits per heavy atom. The van der Waals surface area contributed by atoms with Crippen LogP contribution in [0.3, 0.4) is 0 Å². The van der Waals surface area contributed by atoms with Crippen molar-refractivity contribution in [2.24, 2.45) is 0 Å². The second-order valence-corrected chi connectivity index (χ2v) is 4.95. The predicted molar refractivity (Wildman–Crippen MR) is 75.5 cm³/mol. The largest absolute Gasteiger partial charge is 0.347 e. The van der Waals surface area contributed by atoms with Gasteiger partial charge in [0, 0.05) is 17.8 Å². The molecule has 1 aliphatic heterocycles. The molecule has 0 unspecified atom stereocenters. The van der Waals surface area contributed by atoms with Crippen LogP contribution in [0.15, 0.2) is 48.7 Å². The van der Waals surface area contributed by atoms with Gasteiger partial charge in [-0.3, -0.25) is 0 Å². The van der Waals surface area contributed by atoms with Crippen molar-refractivity contribution < 1.29 is 0 Å². The first-order valence-electron chi connectivity index (χ1n) is 5.49. The molecule has 0 amide bonds. The summed E-state index contributed by atoms with van der Waals surface area (Å²) < 4.78 is 2.06. The van der Waals surface area contributed by atoms with E-state index in [0.29, 0.717) is 16.6 Å². The highest BCUT2D eigenvalue weighted by atomic mass is 35.5. The topological polar surface area (TPSA) is 29.0 Å². The molecule has 0 saturated carbocycles. The second kappa shape index (κ2) is 4.26. The van der Waals surface area contributed by atoms with E-state index in [9.17, 15) is 0 Å². The minimum atomic E-state index is 0.569. The minimum Gasteiger partial charge on any atom is -0.347 e. The van der Waals surface area contributed by atoms with Crippen molar-refractivity contribution in [3.8, 4) is 0 Å². The van der Waals surface area contributed by atoms with Crippen LogP contribution in [0.5, 0.6) is 0 Å². The summed E-state index contributed by atoms with van der Waals surface area (Å²) in [5, 5.41) is 8.40. The van der Waals surface area contributed by atoms with Gasteiger partial charge in [-0.2, -0.15) is 0 Å². The highest BCUT2D eigenvalue weighted by Crippen LogP contribution is 2.31. The summed E-state index contributed by atoms with van der Waals surface area (Å²) in [6.07, 6.45) is 3.89. The number of aromatic nitrogens is 1. The zero-order valence-electron chi connectivity index (χ0n) is 9.50. The highest BCUT2D eigenvalue weighted by molar-refractivity contribution is 6.45. The Kier molecular flexibility index (Phi) is 2.73. The number of hydrogen-bond donors (Lipinski definition) is 2. The lowest BCUT2D eigenvalue weighted by Crippen LogP contribution is -2.13. The number of benzene rings is 1. The number of fused-ring (bicyclic) bond motifs is 1. The molecule has 2 N–H and O–H groups in total. The van der Waals surface area contributed by atoms with Crippen molar-refractivity contribution in [2.75, 3.05) is 0 Å². The lowest BCUT2D eigenvalue weighted by atomic mass is 10.2. The normalized spacial score (nSPS) is 14.6. The molecule has 5 heteroatoms. The van der Waals surface area contributed by atoms with Crippen molar-refractivity contribution >= 4 is 34.1 Å². The van der Waals surface area contributed by atoms with Gasteiger partial charge in [-0.15, -0.1) is 0 Å². The summed E-state index contributed by atoms with van der Waals surface area (Å²) in [4.78, 5) is 0. The molecule has 18 heavy (non-hydrogen) atoms. The fourth-order valence-electron chi connectivity index (χ4n) is 2.07. The first kappa shape index (κ1) is 11.5. The van der Waals surface area contributed by atoms with E-state index in [1.165, 1.54) is 0 Å². The molecule has 92 valence electrons. The van der Waals surface area contributed by atoms with Crippen LogP contribution in [0, 0.1) is 0 Å².